The van der Waals surface area contributed by atoms with E-state index in [1.165, 1.54) is 0 Å². The van der Waals surface area contributed by atoms with E-state index >= 15 is 0 Å². The Hall–Kier alpha value is -0.570. The molecule has 1 heterocycles. The van der Waals surface area contributed by atoms with E-state index in [1.54, 1.807) is 7.11 Å². The topological polar surface area (TPSA) is 35.5 Å². The largest absolute Gasteiger partial charge is 0.463 e. The Morgan fingerprint density at radius 2 is 2.40 bits per heavy atom. The van der Waals surface area contributed by atoms with Crippen molar-refractivity contribution in [1.82, 2.24) is 0 Å². The smallest absolute Gasteiger partial charge is 0.305 e. The lowest BCUT2D eigenvalue weighted by Gasteiger charge is -2.30. The quantitative estimate of drug-likeness (QED) is 0.509. The van der Waals surface area contributed by atoms with E-state index in [0.29, 0.717) is 13.0 Å². The van der Waals surface area contributed by atoms with Crippen molar-refractivity contribution in [3.8, 4) is 0 Å². The van der Waals surface area contributed by atoms with Crippen molar-refractivity contribution >= 4 is 5.97 Å². The summed E-state index contributed by atoms with van der Waals surface area (Å²) >= 11 is 0. The van der Waals surface area contributed by atoms with Crippen LogP contribution < -0.4 is 0 Å². The van der Waals surface area contributed by atoms with Gasteiger partial charge in [-0.05, 0) is 13.3 Å². The van der Waals surface area contributed by atoms with Gasteiger partial charge in [0.2, 0.25) is 0 Å². The zero-order chi connectivity index (χ0) is 7.61. The number of hydrogen-bond acceptors (Lipinski definition) is 3. The second-order valence-corrected chi connectivity index (χ2v) is 2.81. The van der Waals surface area contributed by atoms with Crippen LogP contribution in [0.2, 0.25) is 0 Å². The van der Waals surface area contributed by atoms with Crippen molar-refractivity contribution in [2.24, 2.45) is 0 Å². The molecule has 1 atom stereocenters. The SMILES string of the molecule is COC1(C)CCC(=O)OC1. The first kappa shape index (κ1) is 7.54. The summed E-state index contributed by atoms with van der Waals surface area (Å²) in [5.74, 6) is -0.116. The van der Waals surface area contributed by atoms with Crippen molar-refractivity contribution in [1.29, 1.82) is 0 Å². The third-order valence-corrected chi connectivity index (χ3v) is 1.89. The molecule has 0 radical (unpaired) electrons. The predicted octanol–water partition coefficient (Wildman–Crippen LogP) is 0.729. The second kappa shape index (κ2) is 2.58. The molecule has 0 aromatic heterocycles. The summed E-state index contributed by atoms with van der Waals surface area (Å²) in [5, 5.41) is 0. The molecular weight excluding hydrogens is 132 g/mol. The van der Waals surface area contributed by atoms with Gasteiger partial charge in [0, 0.05) is 13.5 Å². The molecule has 1 aliphatic heterocycles. The van der Waals surface area contributed by atoms with Gasteiger partial charge in [-0.3, -0.25) is 4.79 Å². The Balaban J connectivity index is 2.46. The summed E-state index contributed by atoms with van der Waals surface area (Å²) in [6.07, 6.45) is 1.24. The first-order chi connectivity index (χ1) is 4.66. The lowest BCUT2D eigenvalue weighted by atomic mass is 9.99. The highest BCUT2D eigenvalue weighted by Crippen LogP contribution is 2.21. The van der Waals surface area contributed by atoms with Crippen LogP contribution in [0.15, 0.2) is 0 Å². The molecule has 1 fully saturated rings. The van der Waals surface area contributed by atoms with Gasteiger partial charge in [-0.2, -0.15) is 0 Å². The van der Waals surface area contributed by atoms with Crippen LogP contribution in [0, 0.1) is 0 Å². The van der Waals surface area contributed by atoms with Gasteiger partial charge in [-0.15, -0.1) is 0 Å². The first-order valence-electron chi connectivity index (χ1n) is 3.37. The average molecular weight is 144 g/mol. The maximum absolute atomic E-state index is 10.6. The van der Waals surface area contributed by atoms with Crippen LogP contribution in [-0.2, 0) is 14.3 Å². The maximum Gasteiger partial charge on any atom is 0.305 e. The Kier molecular flexibility index (Phi) is 1.94. The number of hydrogen-bond donors (Lipinski definition) is 0. The lowest BCUT2D eigenvalue weighted by Crippen LogP contribution is -2.39. The fourth-order valence-corrected chi connectivity index (χ4v) is 0.905. The number of methoxy groups -OCH3 is 1. The van der Waals surface area contributed by atoms with Gasteiger partial charge >= 0.3 is 5.97 Å². The molecule has 0 N–H and O–H groups in total. The first-order valence-corrected chi connectivity index (χ1v) is 3.37. The molecular formula is C7H12O3. The molecule has 1 rings (SSSR count). The Bertz CT molecular complexity index is 132. The van der Waals surface area contributed by atoms with Crippen molar-refractivity contribution < 1.29 is 14.3 Å². The normalized spacial score (nSPS) is 33.6. The van der Waals surface area contributed by atoms with E-state index in [4.69, 9.17) is 9.47 Å². The Morgan fingerprint density at radius 1 is 1.70 bits per heavy atom. The third kappa shape index (κ3) is 1.48. The number of cyclic esters (lactones) is 1. The fourth-order valence-electron chi connectivity index (χ4n) is 0.905. The summed E-state index contributed by atoms with van der Waals surface area (Å²) in [5.41, 5.74) is -0.242. The Labute approximate surface area is 60.3 Å². The highest BCUT2D eigenvalue weighted by Gasteiger charge is 2.30. The maximum atomic E-state index is 10.6. The molecule has 3 heteroatoms. The molecule has 1 aliphatic rings. The summed E-state index contributed by atoms with van der Waals surface area (Å²) < 4.78 is 9.97. The van der Waals surface area contributed by atoms with E-state index in [-0.39, 0.29) is 11.6 Å². The molecule has 58 valence electrons. The minimum Gasteiger partial charge on any atom is -0.463 e. The monoisotopic (exact) mass is 144 g/mol. The average Bonchev–Trinajstić information content (AvgIpc) is 1.96. The van der Waals surface area contributed by atoms with Crippen LogP contribution in [0.25, 0.3) is 0 Å². The van der Waals surface area contributed by atoms with Gasteiger partial charge in [0.05, 0.1) is 5.60 Å². The zero-order valence-electron chi connectivity index (χ0n) is 6.35. The molecule has 0 amide bonds. The van der Waals surface area contributed by atoms with Crippen molar-refractivity contribution in [3.05, 3.63) is 0 Å². The molecule has 0 spiro atoms. The molecule has 0 aromatic rings. The van der Waals surface area contributed by atoms with Gasteiger partial charge in [-0.1, -0.05) is 0 Å². The molecule has 0 aliphatic carbocycles. The van der Waals surface area contributed by atoms with E-state index in [9.17, 15) is 4.79 Å². The van der Waals surface area contributed by atoms with Crippen LogP contribution in [0.5, 0.6) is 0 Å². The van der Waals surface area contributed by atoms with Crippen molar-refractivity contribution in [2.75, 3.05) is 13.7 Å². The molecule has 3 nitrogen and oxygen atoms in total. The number of ether oxygens (including phenoxy) is 2. The van der Waals surface area contributed by atoms with Gasteiger partial charge < -0.3 is 9.47 Å². The molecule has 1 unspecified atom stereocenters. The summed E-state index contributed by atoms with van der Waals surface area (Å²) in [6.45, 7) is 2.34. The number of rotatable bonds is 1. The van der Waals surface area contributed by atoms with Gasteiger partial charge in [0.15, 0.2) is 0 Å². The Morgan fingerprint density at radius 3 is 2.80 bits per heavy atom. The van der Waals surface area contributed by atoms with Crippen LogP contribution in [-0.4, -0.2) is 25.3 Å². The molecule has 1 saturated heterocycles. The van der Waals surface area contributed by atoms with Crippen molar-refractivity contribution in [2.45, 2.75) is 25.4 Å². The summed E-state index contributed by atoms with van der Waals surface area (Å²) in [6, 6.07) is 0. The third-order valence-electron chi connectivity index (χ3n) is 1.89. The molecule has 10 heavy (non-hydrogen) atoms. The fraction of sp³-hybridized carbons (Fsp3) is 0.857. The van der Waals surface area contributed by atoms with E-state index in [2.05, 4.69) is 0 Å². The van der Waals surface area contributed by atoms with Crippen LogP contribution in [0.3, 0.4) is 0 Å². The molecule has 0 bridgehead atoms. The summed E-state index contributed by atoms with van der Waals surface area (Å²) in [7, 11) is 1.64. The van der Waals surface area contributed by atoms with Crippen molar-refractivity contribution in [3.63, 3.8) is 0 Å². The number of esters is 1. The molecule has 0 saturated carbocycles. The van der Waals surface area contributed by atoms with Crippen LogP contribution in [0.4, 0.5) is 0 Å². The van der Waals surface area contributed by atoms with E-state index in [1.807, 2.05) is 6.92 Å². The van der Waals surface area contributed by atoms with Gasteiger partial charge in [0.25, 0.3) is 0 Å². The van der Waals surface area contributed by atoms with Gasteiger partial charge in [-0.25, -0.2) is 0 Å². The summed E-state index contributed by atoms with van der Waals surface area (Å²) in [4.78, 5) is 10.6. The second-order valence-electron chi connectivity index (χ2n) is 2.81. The van der Waals surface area contributed by atoms with Crippen LogP contribution in [0.1, 0.15) is 19.8 Å². The molecule has 0 aromatic carbocycles. The minimum absolute atomic E-state index is 0.116. The number of carbonyl (C=O) groups excluding carboxylic acids is 1. The lowest BCUT2D eigenvalue weighted by molar-refractivity contribution is -0.163. The van der Waals surface area contributed by atoms with Gasteiger partial charge in [0.1, 0.15) is 6.61 Å². The highest BCUT2D eigenvalue weighted by molar-refractivity contribution is 5.70. The zero-order valence-corrected chi connectivity index (χ0v) is 6.35. The highest BCUT2D eigenvalue weighted by atomic mass is 16.6. The van der Waals surface area contributed by atoms with E-state index < -0.39 is 0 Å². The number of carbonyl (C=O) groups is 1. The predicted molar refractivity (Wildman–Crippen MR) is 35.6 cm³/mol. The standard InChI is InChI=1S/C7H12O3/c1-7(9-2)4-3-6(8)10-5-7/h3-5H2,1-2H3. The minimum atomic E-state index is -0.242. The van der Waals surface area contributed by atoms with E-state index in [0.717, 1.165) is 6.42 Å². The van der Waals surface area contributed by atoms with Crippen LogP contribution >= 0.6 is 0 Å².